The number of nitrogens with one attached hydrogen (secondary N) is 1. The van der Waals surface area contributed by atoms with E-state index in [4.69, 9.17) is 0 Å². The highest BCUT2D eigenvalue weighted by molar-refractivity contribution is 7.89. The molecule has 2 rings (SSSR count). The Morgan fingerprint density at radius 2 is 2.24 bits per heavy atom. The first-order valence-corrected chi connectivity index (χ1v) is 6.66. The van der Waals surface area contributed by atoms with Gasteiger partial charge in [-0.3, -0.25) is 4.68 Å². The van der Waals surface area contributed by atoms with Crippen molar-refractivity contribution in [2.45, 2.75) is 17.9 Å². The number of piperazine rings is 1. The smallest absolute Gasteiger partial charge is 0.246 e. The molecule has 98 valence electrons. The van der Waals surface area contributed by atoms with Gasteiger partial charge in [-0.1, -0.05) is 0 Å². The molecule has 2 heterocycles. The van der Waals surface area contributed by atoms with Crippen LogP contribution in [0.5, 0.6) is 0 Å². The van der Waals surface area contributed by atoms with Crippen LogP contribution in [0.1, 0.15) is 6.92 Å². The van der Waals surface area contributed by atoms with Crippen molar-refractivity contribution >= 4 is 22.4 Å². The molecule has 0 bridgehead atoms. The molecular formula is C9H17ClN4O2S. The Kier molecular flexibility index (Phi) is 4.54. The Bertz CT molecular complexity index is 473. The van der Waals surface area contributed by atoms with Gasteiger partial charge < -0.3 is 5.32 Å². The number of halogens is 1. The van der Waals surface area contributed by atoms with Crippen molar-refractivity contribution in [1.82, 2.24) is 19.4 Å². The molecule has 1 fully saturated rings. The van der Waals surface area contributed by atoms with Crippen molar-refractivity contribution in [2.24, 2.45) is 7.05 Å². The highest BCUT2D eigenvalue weighted by Crippen LogP contribution is 2.15. The highest BCUT2D eigenvalue weighted by Gasteiger charge is 2.29. The van der Waals surface area contributed by atoms with Crippen molar-refractivity contribution in [3.05, 3.63) is 12.4 Å². The Morgan fingerprint density at radius 3 is 2.76 bits per heavy atom. The van der Waals surface area contributed by atoms with E-state index in [1.54, 1.807) is 7.05 Å². The number of hydrogen-bond acceptors (Lipinski definition) is 4. The minimum atomic E-state index is -3.36. The predicted molar refractivity (Wildman–Crippen MR) is 66.7 cm³/mol. The topological polar surface area (TPSA) is 67.2 Å². The van der Waals surface area contributed by atoms with E-state index in [0.717, 1.165) is 0 Å². The molecule has 0 aromatic carbocycles. The molecule has 0 aliphatic carbocycles. The predicted octanol–water partition coefficient (Wildman–Crippen LogP) is -0.176. The first-order chi connectivity index (χ1) is 7.50. The summed E-state index contributed by atoms with van der Waals surface area (Å²) in [5.41, 5.74) is 0. The van der Waals surface area contributed by atoms with Crippen molar-refractivity contribution in [2.75, 3.05) is 19.6 Å². The molecule has 1 aliphatic heterocycles. The van der Waals surface area contributed by atoms with E-state index in [0.29, 0.717) is 19.6 Å². The molecule has 1 aliphatic rings. The maximum atomic E-state index is 12.2. The molecule has 1 unspecified atom stereocenters. The molecule has 0 radical (unpaired) electrons. The van der Waals surface area contributed by atoms with Crippen LogP contribution in [0.4, 0.5) is 0 Å². The third-order valence-corrected chi connectivity index (χ3v) is 4.47. The van der Waals surface area contributed by atoms with Gasteiger partial charge in [0, 0.05) is 38.9 Å². The van der Waals surface area contributed by atoms with Gasteiger partial charge in [-0.25, -0.2) is 8.42 Å². The van der Waals surface area contributed by atoms with Crippen LogP contribution < -0.4 is 5.32 Å². The minimum Gasteiger partial charge on any atom is -0.312 e. The van der Waals surface area contributed by atoms with Gasteiger partial charge in [0.15, 0.2) is 0 Å². The maximum Gasteiger partial charge on any atom is 0.246 e. The number of hydrogen-bond donors (Lipinski definition) is 1. The van der Waals surface area contributed by atoms with Crippen molar-refractivity contribution in [3.8, 4) is 0 Å². The van der Waals surface area contributed by atoms with Gasteiger partial charge in [0.2, 0.25) is 10.0 Å². The second-order valence-electron chi connectivity index (χ2n) is 4.07. The van der Waals surface area contributed by atoms with Crippen LogP contribution in [0.2, 0.25) is 0 Å². The number of aryl methyl sites for hydroxylation is 1. The van der Waals surface area contributed by atoms with Crippen LogP contribution in [-0.2, 0) is 17.1 Å². The van der Waals surface area contributed by atoms with E-state index in [1.165, 1.54) is 21.4 Å². The summed E-state index contributed by atoms with van der Waals surface area (Å²) in [5.74, 6) is 0. The minimum absolute atomic E-state index is 0. The van der Waals surface area contributed by atoms with E-state index < -0.39 is 10.0 Å². The SMILES string of the molecule is CC1CN(S(=O)(=O)c2cnn(C)c2)CCN1.Cl. The molecule has 0 saturated carbocycles. The molecule has 1 atom stereocenters. The molecule has 1 aromatic rings. The number of nitrogens with zero attached hydrogens (tertiary/aromatic N) is 3. The Labute approximate surface area is 107 Å². The fraction of sp³-hybridized carbons (Fsp3) is 0.667. The van der Waals surface area contributed by atoms with E-state index in [-0.39, 0.29) is 23.3 Å². The van der Waals surface area contributed by atoms with Gasteiger partial charge in [0.25, 0.3) is 0 Å². The molecular weight excluding hydrogens is 264 g/mol. The summed E-state index contributed by atoms with van der Waals surface area (Å²) in [6, 6.07) is 0.195. The lowest BCUT2D eigenvalue weighted by molar-refractivity contribution is 0.310. The number of rotatable bonds is 2. The lowest BCUT2D eigenvalue weighted by atomic mass is 10.3. The van der Waals surface area contributed by atoms with Crippen LogP contribution in [0, 0.1) is 0 Å². The molecule has 0 spiro atoms. The summed E-state index contributed by atoms with van der Waals surface area (Å²) < 4.78 is 27.4. The van der Waals surface area contributed by atoms with Crippen molar-refractivity contribution in [3.63, 3.8) is 0 Å². The lowest BCUT2D eigenvalue weighted by Gasteiger charge is -2.30. The van der Waals surface area contributed by atoms with E-state index in [9.17, 15) is 8.42 Å². The summed E-state index contributed by atoms with van der Waals surface area (Å²) in [6.45, 7) is 3.70. The summed E-state index contributed by atoms with van der Waals surface area (Å²) in [7, 11) is -1.66. The lowest BCUT2D eigenvalue weighted by Crippen LogP contribution is -2.51. The van der Waals surface area contributed by atoms with Crippen LogP contribution >= 0.6 is 12.4 Å². The van der Waals surface area contributed by atoms with Crippen LogP contribution in [-0.4, -0.2) is 48.2 Å². The normalized spacial score (nSPS) is 22.1. The quantitative estimate of drug-likeness (QED) is 0.816. The molecule has 1 aromatic heterocycles. The van der Waals surface area contributed by atoms with Crippen LogP contribution in [0.15, 0.2) is 17.3 Å². The third kappa shape index (κ3) is 2.98. The van der Waals surface area contributed by atoms with E-state index in [1.807, 2.05) is 6.92 Å². The standard InChI is InChI=1S/C9H16N4O2S.ClH/c1-8-6-13(4-3-10-8)16(14,15)9-5-11-12(2)7-9;/h5,7-8,10H,3-4,6H2,1-2H3;1H. The first kappa shape index (κ1) is 14.4. The van der Waals surface area contributed by atoms with Gasteiger partial charge in [0.05, 0.1) is 6.20 Å². The average Bonchev–Trinajstić information content (AvgIpc) is 2.65. The maximum absolute atomic E-state index is 12.2. The van der Waals surface area contributed by atoms with Gasteiger partial charge >= 0.3 is 0 Å². The Balaban J connectivity index is 0.00000144. The van der Waals surface area contributed by atoms with E-state index >= 15 is 0 Å². The van der Waals surface area contributed by atoms with Gasteiger partial charge in [-0.05, 0) is 6.92 Å². The molecule has 1 saturated heterocycles. The molecule has 6 nitrogen and oxygen atoms in total. The summed E-state index contributed by atoms with van der Waals surface area (Å²) in [4.78, 5) is 0.268. The van der Waals surface area contributed by atoms with Crippen molar-refractivity contribution < 1.29 is 8.42 Å². The largest absolute Gasteiger partial charge is 0.312 e. The fourth-order valence-electron chi connectivity index (χ4n) is 1.80. The Hall–Kier alpha value is -0.630. The number of aromatic nitrogens is 2. The van der Waals surface area contributed by atoms with E-state index in [2.05, 4.69) is 10.4 Å². The van der Waals surface area contributed by atoms with Crippen LogP contribution in [0.3, 0.4) is 0 Å². The van der Waals surface area contributed by atoms with Crippen LogP contribution in [0.25, 0.3) is 0 Å². The molecule has 1 N–H and O–H groups in total. The molecule has 8 heteroatoms. The number of sulfonamides is 1. The Morgan fingerprint density at radius 1 is 1.53 bits per heavy atom. The average molecular weight is 281 g/mol. The summed E-state index contributed by atoms with van der Waals surface area (Å²) >= 11 is 0. The second-order valence-corrected chi connectivity index (χ2v) is 6.01. The highest BCUT2D eigenvalue weighted by atomic mass is 35.5. The summed E-state index contributed by atoms with van der Waals surface area (Å²) in [6.07, 6.45) is 2.92. The first-order valence-electron chi connectivity index (χ1n) is 5.22. The molecule has 17 heavy (non-hydrogen) atoms. The van der Waals surface area contributed by atoms with Gasteiger partial charge in [-0.2, -0.15) is 9.40 Å². The summed E-state index contributed by atoms with van der Waals surface area (Å²) in [5, 5.41) is 7.11. The third-order valence-electron chi connectivity index (χ3n) is 2.65. The molecule has 0 amide bonds. The monoisotopic (exact) mass is 280 g/mol. The second kappa shape index (κ2) is 5.34. The zero-order chi connectivity index (χ0) is 11.8. The zero-order valence-electron chi connectivity index (χ0n) is 9.83. The zero-order valence-corrected chi connectivity index (χ0v) is 11.5. The van der Waals surface area contributed by atoms with Gasteiger partial charge in [-0.15, -0.1) is 12.4 Å². The van der Waals surface area contributed by atoms with Crippen molar-refractivity contribution in [1.29, 1.82) is 0 Å². The fourth-order valence-corrected chi connectivity index (χ4v) is 3.31. The van der Waals surface area contributed by atoms with Gasteiger partial charge in [0.1, 0.15) is 4.90 Å².